The van der Waals surface area contributed by atoms with Crippen molar-refractivity contribution in [1.29, 1.82) is 0 Å². The monoisotopic (exact) mass is 510 g/mol. The van der Waals surface area contributed by atoms with Gasteiger partial charge in [0.25, 0.3) is 10.0 Å². The summed E-state index contributed by atoms with van der Waals surface area (Å²) < 4.78 is 76.8. The van der Waals surface area contributed by atoms with E-state index in [1.165, 1.54) is 29.5 Å². The average molecular weight is 511 g/mol. The van der Waals surface area contributed by atoms with Crippen molar-refractivity contribution < 1.29 is 26.3 Å². The van der Waals surface area contributed by atoms with Crippen molar-refractivity contribution in [3.8, 4) is 11.3 Å². The van der Waals surface area contributed by atoms with Gasteiger partial charge in [0.15, 0.2) is 10.7 Å². The molecule has 0 atom stereocenters. The summed E-state index contributed by atoms with van der Waals surface area (Å²) >= 11 is 1.53. The summed E-state index contributed by atoms with van der Waals surface area (Å²) in [6, 6.07) is 6.93. The first kappa shape index (κ1) is 24.7. The number of anilines is 1. The first-order valence-electron chi connectivity index (χ1n) is 10.8. The molecule has 1 aliphatic rings. The zero-order chi connectivity index (χ0) is 24.7. The number of hydrogen-bond acceptors (Lipinski definition) is 5. The highest BCUT2D eigenvalue weighted by Gasteiger charge is 2.30. The number of hydrogen-bond donors (Lipinski definition) is 1. The van der Waals surface area contributed by atoms with Crippen LogP contribution < -0.4 is 4.72 Å². The third-order valence-corrected chi connectivity index (χ3v) is 8.63. The van der Waals surface area contributed by atoms with Gasteiger partial charge < -0.3 is 4.74 Å². The van der Waals surface area contributed by atoms with Crippen LogP contribution in [0, 0.1) is 17.5 Å². The topological polar surface area (TPSA) is 68.3 Å². The van der Waals surface area contributed by atoms with Crippen molar-refractivity contribution in [1.82, 2.24) is 4.98 Å². The Morgan fingerprint density at radius 2 is 1.65 bits per heavy atom. The largest absolute Gasteiger partial charge is 0.381 e. The molecule has 0 amide bonds. The summed E-state index contributed by atoms with van der Waals surface area (Å²) in [5.74, 6) is -3.24. The lowest BCUT2D eigenvalue weighted by molar-refractivity contribution is 0.0860. The Balaban J connectivity index is 1.79. The molecular weight excluding hydrogens is 485 g/mol. The van der Waals surface area contributed by atoms with E-state index < -0.39 is 38.1 Å². The van der Waals surface area contributed by atoms with Gasteiger partial charge in [0.1, 0.15) is 11.6 Å². The molecule has 2 aromatic carbocycles. The standard InChI is InChI=1S/C24H25F3N2O3S2/c1-24(2,3)23-28-20(21(33-23)14-10-12-32-13-11-14)15-6-4-9-18(19(15)27)29-34(30,31)22-16(25)7-5-8-17(22)26/h4-9,14,29H,10-13H2,1-3H3. The highest BCUT2D eigenvalue weighted by atomic mass is 32.2. The first-order valence-corrected chi connectivity index (χ1v) is 13.1. The number of nitrogens with one attached hydrogen (secondary N) is 1. The zero-order valence-electron chi connectivity index (χ0n) is 19.0. The summed E-state index contributed by atoms with van der Waals surface area (Å²) in [7, 11) is -4.72. The van der Waals surface area contributed by atoms with Crippen molar-refractivity contribution in [3.63, 3.8) is 0 Å². The Morgan fingerprint density at radius 3 is 2.26 bits per heavy atom. The molecule has 0 saturated carbocycles. The molecule has 0 spiro atoms. The van der Waals surface area contributed by atoms with Crippen molar-refractivity contribution >= 4 is 27.0 Å². The second-order valence-electron chi connectivity index (χ2n) is 9.19. The van der Waals surface area contributed by atoms with E-state index in [1.807, 2.05) is 25.5 Å². The van der Waals surface area contributed by atoms with Crippen LogP contribution in [-0.4, -0.2) is 26.6 Å². The molecule has 34 heavy (non-hydrogen) atoms. The van der Waals surface area contributed by atoms with E-state index in [9.17, 15) is 17.2 Å². The molecule has 1 aromatic heterocycles. The molecule has 0 aliphatic carbocycles. The number of nitrogens with zero attached hydrogens (tertiary/aromatic N) is 1. The minimum absolute atomic E-state index is 0.127. The lowest BCUT2D eigenvalue weighted by Crippen LogP contribution is -2.17. The van der Waals surface area contributed by atoms with Gasteiger partial charge in [0.05, 0.1) is 16.4 Å². The van der Waals surface area contributed by atoms with Crippen LogP contribution in [0.3, 0.4) is 0 Å². The SMILES string of the molecule is CC(C)(C)c1nc(-c2cccc(NS(=O)(=O)c3c(F)cccc3F)c2F)c(C2CCOCC2)s1. The maximum Gasteiger partial charge on any atom is 0.267 e. The molecule has 0 unspecified atom stereocenters. The van der Waals surface area contributed by atoms with E-state index in [4.69, 9.17) is 9.72 Å². The zero-order valence-corrected chi connectivity index (χ0v) is 20.6. The molecule has 1 aliphatic heterocycles. The first-order chi connectivity index (χ1) is 16.0. The molecule has 5 nitrogen and oxygen atoms in total. The summed E-state index contributed by atoms with van der Waals surface area (Å²) in [6.45, 7) is 7.26. The second-order valence-corrected chi connectivity index (χ2v) is 11.8. The van der Waals surface area contributed by atoms with E-state index in [0.29, 0.717) is 18.9 Å². The van der Waals surface area contributed by atoms with E-state index in [1.54, 1.807) is 0 Å². The number of thiazole rings is 1. The molecule has 1 N–H and O–H groups in total. The van der Waals surface area contributed by atoms with Crippen LogP contribution in [0.2, 0.25) is 0 Å². The van der Waals surface area contributed by atoms with Gasteiger partial charge in [-0.2, -0.15) is 0 Å². The van der Waals surface area contributed by atoms with E-state index in [-0.39, 0.29) is 16.9 Å². The molecule has 182 valence electrons. The minimum Gasteiger partial charge on any atom is -0.381 e. The van der Waals surface area contributed by atoms with Gasteiger partial charge in [-0.05, 0) is 43.0 Å². The number of halogens is 3. The molecule has 1 fully saturated rings. The van der Waals surface area contributed by atoms with Crippen LogP contribution in [0.5, 0.6) is 0 Å². The Labute approximate surface area is 201 Å². The minimum atomic E-state index is -4.72. The maximum absolute atomic E-state index is 15.7. The molecule has 2 heterocycles. The lowest BCUT2D eigenvalue weighted by Gasteiger charge is -2.22. The fourth-order valence-electron chi connectivity index (χ4n) is 3.81. The highest BCUT2D eigenvalue weighted by Crippen LogP contribution is 2.43. The van der Waals surface area contributed by atoms with Crippen LogP contribution in [0.4, 0.5) is 18.9 Å². The molecular formula is C24H25F3N2O3S2. The molecule has 0 bridgehead atoms. The molecule has 0 radical (unpaired) electrons. The highest BCUT2D eigenvalue weighted by molar-refractivity contribution is 7.92. The van der Waals surface area contributed by atoms with E-state index in [2.05, 4.69) is 0 Å². The molecule has 3 aromatic rings. The van der Waals surface area contributed by atoms with E-state index in [0.717, 1.165) is 40.9 Å². The fraction of sp³-hybridized carbons (Fsp3) is 0.375. The number of benzene rings is 2. The fourth-order valence-corrected chi connectivity index (χ4v) is 6.32. The number of sulfonamides is 1. The number of aromatic nitrogens is 1. The lowest BCUT2D eigenvalue weighted by atomic mass is 9.94. The predicted octanol–water partition coefficient (Wildman–Crippen LogP) is 6.22. The van der Waals surface area contributed by atoms with Crippen molar-refractivity contribution in [2.45, 2.75) is 49.8 Å². The van der Waals surface area contributed by atoms with Gasteiger partial charge in [0, 0.05) is 29.1 Å². The Morgan fingerprint density at radius 1 is 1.03 bits per heavy atom. The average Bonchev–Trinajstić information content (AvgIpc) is 3.21. The third-order valence-electron chi connectivity index (χ3n) is 5.57. The smallest absolute Gasteiger partial charge is 0.267 e. The Bertz CT molecular complexity index is 1290. The van der Waals surface area contributed by atoms with Gasteiger partial charge in [-0.25, -0.2) is 26.6 Å². The summed E-state index contributed by atoms with van der Waals surface area (Å²) in [5.41, 5.74) is -0.0933. The summed E-state index contributed by atoms with van der Waals surface area (Å²) in [6.07, 6.45) is 1.55. The quantitative estimate of drug-likeness (QED) is 0.443. The molecule has 4 rings (SSSR count). The van der Waals surface area contributed by atoms with Crippen molar-refractivity contribution in [2.75, 3.05) is 17.9 Å². The third kappa shape index (κ3) is 4.85. The maximum atomic E-state index is 15.7. The van der Waals surface area contributed by atoms with Crippen LogP contribution >= 0.6 is 11.3 Å². The summed E-state index contributed by atoms with van der Waals surface area (Å²) in [5, 5.41) is 0.836. The van der Waals surface area contributed by atoms with Gasteiger partial charge in [-0.3, -0.25) is 4.72 Å². The van der Waals surface area contributed by atoms with Gasteiger partial charge in [-0.1, -0.05) is 32.9 Å². The van der Waals surface area contributed by atoms with Gasteiger partial charge >= 0.3 is 0 Å². The van der Waals surface area contributed by atoms with Gasteiger partial charge in [0.2, 0.25) is 0 Å². The van der Waals surface area contributed by atoms with Crippen LogP contribution in [0.25, 0.3) is 11.3 Å². The predicted molar refractivity (Wildman–Crippen MR) is 126 cm³/mol. The summed E-state index contributed by atoms with van der Waals surface area (Å²) in [4.78, 5) is 4.51. The van der Waals surface area contributed by atoms with E-state index >= 15 is 4.39 Å². The molecule has 1 saturated heterocycles. The van der Waals surface area contributed by atoms with Crippen LogP contribution in [0.15, 0.2) is 41.3 Å². The number of rotatable bonds is 5. The Kier molecular flexibility index (Phi) is 6.76. The normalized spacial score (nSPS) is 15.5. The molecule has 10 heteroatoms. The van der Waals surface area contributed by atoms with Crippen LogP contribution in [-0.2, 0) is 20.2 Å². The van der Waals surface area contributed by atoms with Gasteiger partial charge in [-0.15, -0.1) is 11.3 Å². The van der Waals surface area contributed by atoms with Crippen LogP contribution in [0.1, 0.15) is 49.4 Å². The second kappa shape index (κ2) is 9.31. The van der Waals surface area contributed by atoms with Crippen molar-refractivity contribution in [2.24, 2.45) is 0 Å². The van der Waals surface area contributed by atoms with Crippen molar-refractivity contribution in [3.05, 3.63) is 63.7 Å². The number of ether oxygens (including phenoxy) is 1. The Hall–Kier alpha value is -2.43.